The van der Waals surface area contributed by atoms with Crippen LogP contribution in [-0.4, -0.2) is 72.3 Å². The first-order chi connectivity index (χ1) is 15.0. The molecule has 31 heavy (non-hydrogen) atoms. The van der Waals surface area contributed by atoms with Crippen LogP contribution in [0.1, 0.15) is 38.8 Å². The number of nitrogens with one attached hydrogen (secondary N) is 1. The molecule has 4 heterocycles. The van der Waals surface area contributed by atoms with Gasteiger partial charge in [0.25, 0.3) is 0 Å². The summed E-state index contributed by atoms with van der Waals surface area (Å²) in [5.74, 6) is 6.59. The predicted octanol–water partition coefficient (Wildman–Crippen LogP) is 0.953. The van der Waals surface area contributed by atoms with E-state index in [-0.39, 0.29) is 6.10 Å². The van der Waals surface area contributed by atoms with Gasteiger partial charge >= 0.3 is 0 Å². The molecule has 1 unspecified atom stereocenters. The van der Waals surface area contributed by atoms with Crippen LogP contribution in [0.15, 0.2) is 24.4 Å². The summed E-state index contributed by atoms with van der Waals surface area (Å²) < 4.78 is 7.55. The minimum atomic E-state index is -1.17. The Bertz CT molecular complexity index is 1050. The number of ether oxygens (including phenoxy) is 1. The molecule has 2 aromatic heterocycles. The van der Waals surface area contributed by atoms with Gasteiger partial charge in [-0.15, -0.1) is 0 Å². The zero-order chi connectivity index (χ0) is 21.5. The van der Waals surface area contributed by atoms with Crippen molar-refractivity contribution in [3.8, 4) is 11.8 Å². The molecule has 2 fully saturated rings. The fraction of sp³-hybridized carbons (Fsp3) is 0.571. The molecular formula is C21H26N6O4. The van der Waals surface area contributed by atoms with Crippen molar-refractivity contribution >= 4 is 17.0 Å². The Labute approximate surface area is 179 Å². The summed E-state index contributed by atoms with van der Waals surface area (Å²) in [6, 6.07) is 0.383. The van der Waals surface area contributed by atoms with Gasteiger partial charge in [0.2, 0.25) is 0 Å². The zero-order valence-electron chi connectivity index (χ0n) is 17.5. The van der Waals surface area contributed by atoms with Crippen LogP contribution in [0.25, 0.3) is 11.2 Å². The second-order valence-electron chi connectivity index (χ2n) is 8.25. The second-order valence-corrected chi connectivity index (χ2v) is 8.25. The molecule has 0 spiro atoms. The van der Waals surface area contributed by atoms with Crippen LogP contribution in [0, 0.1) is 11.8 Å². The maximum absolute atomic E-state index is 10.6. The predicted molar refractivity (Wildman–Crippen MR) is 111 cm³/mol. The van der Waals surface area contributed by atoms with E-state index in [0.717, 1.165) is 18.4 Å². The van der Waals surface area contributed by atoms with Gasteiger partial charge in [0.05, 0.1) is 11.9 Å². The molecule has 0 aromatic carbocycles. The van der Waals surface area contributed by atoms with E-state index in [2.05, 4.69) is 32.1 Å². The number of nitrogens with zero attached hydrogens (tertiary/aromatic N) is 5. The number of hydrogen-bond donors (Lipinski definition) is 3. The molecule has 0 bridgehead atoms. The molecule has 3 aliphatic rings. The average Bonchev–Trinajstić information content (AvgIpc) is 3.52. The minimum absolute atomic E-state index is 0.170. The lowest BCUT2D eigenvalue weighted by atomic mass is 10.1. The molecular weight excluding hydrogens is 400 g/mol. The van der Waals surface area contributed by atoms with E-state index in [1.165, 1.54) is 19.2 Å². The van der Waals surface area contributed by atoms with Crippen molar-refractivity contribution < 1.29 is 19.8 Å². The molecule has 3 N–H and O–H groups in total. The Balaban J connectivity index is 1.38. The highest BCUT2D eigenvalue weighted by molar-refractivity contribution is 5.82. The SMILES string of the molecule is CC1ON(C)C=C1C#C[C@H]1O[C@@H](n2cnc3c(NC4CCCC4)ncnc32)[C@H](O)[C@@H]1O. The summed E-state index contributed by atoms with van der Waals surface area (Å²) in [6.07, 6.45) is 5.23. The largest absolute Gasteiger partial charge is 0.386 e. The van der Waals surface area contributed by atoms with Crippen molar-refractivity contribution in [2.24, 2.45) is 0 Å². The third kappa shape index (κ3) is 3.74. The molecule has 0 radical (unpaired) electrons. The lowest BCUT2D eigenvalue weighted by molar-refractivity contribution is -0.105. The van der Waals surface area contributed by atoms with Crippen LogP contribution < -0.4 is 5.32 Å². The number of rotatable bonds is 3. The molecule has 5 atom stereocenters. The zero-order valence-corrected chi connectivity index (χ0v) is 17.5. The molecule has 1 saturated carbocycles. The summed E-state index contributed by atoms with van der Waals surface area (Å²) in [6.45, 7) is 1.89. The molecule has 10 heteroatoms. The molecule has 5 rings (SSSR count). The fourth-order valence-electron chi connectivity index (χ4n) is 4.34. The quantitative estimate of drug-likeness (QED) is 0.617. The van der Waals surface area contributed by atoms with E-state index < -0.39 is 24.5 Å². The number of imidazole rings is 1. The normalized spacial score (nSPS) is 31.2. The fourth-order valence-corrected chi connectivity index (χ4v) is 4.34. The summed E-state index contributed by atoms with van der Waals surface area (Å²) in [5.41, 5.74) is 1.92. The Kier molecular flexibility index (Phi) is 5.27. The first kappa shape index (κ1) is 20.2. The summed E-state index contributed by atoms with van der Waals surface area (Å²) in [7, 11) is 1.79. The minimum Gasteiger partial charge on any atom is -0.386 e. The number of aliphatic hydroxyl groups is 2. The van der Waals surface area contributed by atoms with Gasteiger partial charge in [-0.1, -0.05) is 24.7 Å². The number of aliphatic hydroxyl groups excluding tert-OH is 2. The van der Waals surface area contributed by atoms with Gasteiger partial charge in [0, 0.05) is 19.3 Å². The Morgan fingerprint density at radius 3 is 2.71 bits per heavy atom. The van der Waals surface area contributed by atoms with Crippen LogP contribution >= 0.6 is 0 Å². The second kappa shape index (κ2) is 8.09. The number of fused-ring (bicyclic) bond motifs is 1. The molecule has 10 nitrogen and oxygen atoms in total. The van der Waals surface area contributed by atoms with Crippen molar-refractivity contribution in [2.45, 2.75) is 69.3 Å². The molecule has 2 aromatic rings. The molecule has 1 saturated heterocycles. The first-order valence-corrected chi connectivity index (χ1v) is 10.6. The van der Waals surface area contributed by atoms with E-state index in [4.69, 9.17) is 9.57 Å². The standard InChI is InChI=1S/C21H26N6O4/c1-12-13(9-26(2)31-12)7-8-15-17(28)18(29)21(30-15)27-11-24-16-19(22-10-23-20(16)27)25-14-5-3-4-6-14/h9-12,14-15,17-18,21,28-29H,3-6H2,1-2H3,(H,22,23,25)/t12?,15-,17-,18-,21-/m1/s1. The maximum atomic E-state index is 10.6. The van der Waals surface area contributed by atoms with Crippen LogP contribution in [0.2, 0.25) is 0 Å². The van der Waals surface area contributed by atoms with Crippen LogP contribution in [0.5, 0.6) is 0 Å². The van der Waals surface area contributed by atoms with Crippen molar-refractivity contribution in [3.05, 3.63) is 24.4 Å². The van der Waals surface area contributed by atoms with E-state index in [0.29, 0.717) is 23.0 Å². The highest BCUT2D eigenvalue weighted by Gasteiger charge is 2.44. The summed E-state index contributed by atoms with van der Waals surface area (Å²) >= 11 is 0. The van der Waals surface area contributed by atoms with Gasteiger partial charge in [0.15, 0.2) is 23.2 Å². The van der Waals surface area contributed by atoms with Crippen LogP contribution in [0.3, 0.4) is 0 Å². The van der Waals surface area contributed by atoms with Crippen LogP contribution in [-0.2, 0) is 9.57 Å². The summed E-state index contributed by atoms with van der Waals surface area (Å²) in [5, 5.41) is 26.2. The number of anilines is 1. The Morgan fingerprint density at radius 2 is 1.97 bits per heavy atom. The van der Waals surface area contributed by atoms with E-state index in [1.54, 1.807) is 29.2 Å². The monoisotopic (exact) mass is 426 g/mol. The van der Waals surface area contributed by atoms with Crippen molar-refractivity contribution in [3.63, 3.8) is 0 Å². The number of hydrogen-bond acceptors (Lipinski definition) is 9. The average molecular weight is 426 g/mol. The topological polar surface area (TPSA) is 118 Å². The van der Waals surface area contributed by atoms with Gasteiger partial charge in [-0.05, 0) is 19.8 Å². The Morgan fingerprint density at radius 1 is 1.16 bits per heavy atom. The molecule has 1 aliphatic carbocycles. The molecule has 2 aliphatic heterocycles. The lowest BCUT2D eigenvalue weighted by Crippen LogP contribution is -2.31. The van der Waals surface area contributed by atoms with Crippen LogP contribution in [0.4, 0.5) is 5.82 Å². The van der Waals surface area contributed by atoms with Gasteiger partial charge in [0.1, 0.15) is 30.7 Å². The molecule has 0 amide bonds. The van der Waals surface area contributed by atoms with Gasteiger partial charge in [-0.2, -0.15) is 0 Å². The lowest BCUT2D eigenvalue weighted by Gasteiger charge is -2.16. The highest BCUT2D eigenvalue weighted by Crippen LogP contribution is 2.33. The van der Waals surface area contributed by atoms with Crippen molar-refractivity contribution in [1.82, 2.24) is 24.6 Å². The Hall–Kier alpha value is -2.71. The van der Waals surface area contributed by atoms with E-state index in [9.17, 15) is 10.2 Å². The third-order valence-corrected chi connectivity index (χ3v) is 6.01. The van der Waals surface area contributed by atoms with Crippen molar-refractivity contribution in [1.29, 1.82) is 0 Å². The molecule has 164 valence electrons. The highest BCUT2D eigenvalue weighted by atomic mass is 16.7. The smallest absolute Gasteiger partial charge is 0.167 e. The van der Waals surface area contributed by atoms with E-state index >= 15 is 0 Å². The maximum Gasteiger partial charge on any atom is 0.167 e. The van der Waals surface area contributed by atoms with Gasteiger partial charge in [-0.25, -0.2) is 15.0 Å². The van der Waals surface area contributed by atoms with E-state index in [1.807, 2.05) is 6.92 Å². The van der Waals surface area contributed by atoms with Gasteiger partial charge in [-0.3, -0.25) is 14.5 Å². The summed E-state index contributed by atoms with van der Waals surface area (Å²) in [4.78, 5) is 18.6. The van der Waals surface area contributed by atoms with Gasteiger partial charge < -0.3 is 20.3 Å². The number of aromatic nitrogens is 4. The first-order valence-electron chi connectivity index (χ1n) is 10.6. The van der Waals surface area contributed by atoms with Crippen molar-refractivity contribution in [2.75, 3.05) is 12.4 Å². The third-order valence-electron chi connectivity index (χ3n) is 6.01. The number of hydroxylamine groups is 2.